The van der Waals surface area contributed by atoms with E-state index in [4.69, 9.17) is 14.7 Å². The van der Waals surface area contributed by atoms with Crippen LogP contribution in [0.25, 0.3) is 0 Å². The highest BCUT2D eigenvalue weighted by molar-refractivity contribution is 4.52. The Labute approximate surface area is 162 Å². The first-order valence-corrected chi connectivity index (χ1v) is 10.3. The van der Waals surface area contributed by atoms with Crippen LogP contribution in [0.3, 0.4) is 0 Å². The number of hydrogen-bond acceptors (Lipinski definition) is 7. The SMILES string of the molecule is CCCN(C)CCOCCN(CNCC)COCC.CCCN(O)CC. The maximum Gasteiger partial charge on any atom is 0.100 e. The molecule has 0 radical (unpaired) electrons. The third-order valence-corrected chi connectivity index (χ3v) is 3.68. The maximum absolute atomic E-state index is 8.69. The van der Waals surface area contributed by atoms with Crippen molar-refractivity contribution in [1.29, 1.82) is 0 Å². The van der Waals surface area contributed by atoms with Gasteiger partial charge in [-0.1, -0.05) is 27.7 Å². The van der Waals surface area contributed by atoms with Gasteiger partial charge in [-0.2, -0.15) is 5.06 Å². The van der Waals surface area contributed by atoms with Crippen LogP contribution < -0.4 is 5.32 Å². The number of likely N-dealkylation sites (N-methyl/N-ethyl adjacent to an activating group) is 1. The first kappa shape index (κ1) is 27.9. The molecule has 0 atom stereocenters. The Kier molecular flexibility index (Phi) is 24.5. The third kappa shape index (κ3) is 21.8. The van der Waals surface area contributed by atoms with Crippen LogP contribution in [0.4, 0.5) is 0 Å². The van der Waals surface area contributed by atoms with Gasteiger partial charge in [-0.05, 0) is 39.9 Å². The molecule has 0 aromatic carbocycles. The monoisotopic (exact) mass is 378 g/mol. The Morgan fingerprint density at radius 3 is 2.00 bits per heavy atom. The molecule has 0 unspecified atom stereocenters. The molecule has 0 aromatic rings. The second-order valence-corrected chi connectivity index (χ2v) is 6.24. The smallest absolute Gasteiger partial charge is 0.100 e. The Morgan fingerprint density at radius 1 is 0.846 bits per heavy atom. The molecule has 0 amide bonds. The number of rotatable bonds is 17. The van der Waals surface area contributed by atoms with E-state index >= 15 is 0 Å². The predicted octanol–water partition coefficient (Wildman–Crippen LogP) is 2.32. The highest BCUT2D eigenvalue weighted by atomic mass is 16.5. The molecule has 0 spiro atoms. The van der Waals surface area contributed by atoms with Gasteiger partial charge in [0.15, 0.2) is 0 Å². The summed E-state index contributed by atoms with van der Waals surface area (Å²) in [4.78, 5) is 4.53. The van der Waals surface area contributed by atoms with Crippen LogP contribution >= 0.6 is 0 Å². The molecule has 0 saturated heterocycles. The Hall–Kier alpha value is -0.280. The van der Waals surface area contributed by atoms with Crippen LogP contribution in [0.5, 0.6) is 0 Å². The molecule has 0 fully saturated rings. The Bertz CT molecular complexity index is 253. The van der Waals surface area contributed by atoms with E-state index < -0.39 is 0 Å². The summed E-state index contributed by atoms with van der Waals surface area (Å²) < 4.78 is 11.1. The lowest BCUT2D eigenvalue weighted by Crippen LogP contribution is -2.38. The minimum Gasteiger partial charge on any atom is -0.379 e. The molecular weight excluding hydrogens is 332 g/mol. The summed E-state index contributed by atoms with van der Waals surface area (Å²) in [5.74, 6) is 0. The summed E-state index contributed by atoms with van der Waals surface area (Å²) in [6.07, 6.45) is 2.21. The van der Waals surface area contributed by atoms with Crippen molar-refractivity contribution >= 4 is 0 Å². The van der Waals surface area contributed by atoms with Gasteiger partial charge in [0.2, 0.25) is 0 Å². The number of ether oxygens (including phenoxy) is 2. The van der Waals surface area contributed by atoms with Gasteiger partial charge in [0, 0.05) is 32.8 Å². The molecule has 7 nitrogen and oxygen atoms in total. The van der Waals surface area contributed by atoms with E-state index in [0.717, 1.165) is 72.2 Å². The fourth-order valence-electron chi connectivity index (χ4n) is 2.11. The van der Waals surface area contributed by atoms with Crippen molar-refractivity contribution < 1.29 is 14.7 Å². The third-order valence-electron chi connectivity index (χ3n) is 3.68. The van der Waals surface area contributed by atoms with Crippen LogP contribution in [-0.4, -0.2) is 99.6 Å². The zero-order valence-corrected chi connectivity index (χ0v) is 18.3. The van der Waals surface area contributed by atoms with Crippen LogP contribution in [0, 0.1) is 0 Å². The standard InChI is InChI=1S/C14H33N3O2.C5H13NO/c1-5-8-16(4)9-11-19-12-10-17(13-15-6-2)14-18-7-3;1-3-5-6(7)4-2/h15H,5-14H2,1-4H3;7H,3-5H2,1-2H3. The lowest BCUT2D eigenvalue weighted by atomic mass is 10.4. The summed E-state index contributed by atoms with van der Waals surface area (Å²) in [5.41, 5.74) is 0. The predicted molar refractivity (Wildman–Crippen MR) is 110 cm³/mol. The number of hydroxylamine groups is 2. The van der Waals surface area contributed by atoms with Crippen LogP contribution in [0.1, 0.15) is 47.5 Å². The maximum atomic E-state index is 8.69. The zero-order chi connectivity index (χ0) is 20.0. The van der Waals surface area contributed by atoms with Crippen molar-refractivity contribution in [3.63, 3.8) is 0 Å². The molecule has 0 bridgehead atoms. The average Bonchev–Trinajstić information content (AvgIpc) is 2.64. The average molecular weight is 379 g/mol. The Balaban J connectivity index is 0. The largest absolute Gasteiger partial charge is 0.379 e. The molecule has 26 heavy (non-hydrogen) atoms. The molecule has 0 aromatic heterocycles. The first-order valence-electron chi connectivity index (χ1n) is 10.3. The van der Waals surface area contributed by atoms with Gasteiger partial charge in [-0.15, -0.1) is 0 Å². The van der Waals surface area contributed by atoms with E-state index in [1.807, 2.05) is 20.8 Å². The molecular formula is C19H46N4O3. The topological polar surface area (TPSA) is 60.4 Å². The second-order valence-electron chi connectivity index (χ2n) is 6.24. The van der Waals surface area contributed by atoms with Gasteiger partial charge in [-0.25, -0.2) is 0 Å². The van der Waals surface area contributed by atoms with Crippen LogP contribution in [0.15, 0.2) is 0 Å². The molecule has 0 rings (SSSR count). The number of nitrogens with zero attached hydrogens (tertiary/aromatic N) is 3. The summed E-state index contributed by atoms with van der Waals surface area (Å²) in [6, 6.07) is 0. The molecule has 0 aliphatic carbocycles. The van der Waals surface area contributed by atoms with Crippen molar-refractivity contribution in [2.24, 2.45) is 0 Å². The number of nitrogens with one attached hydrogen (secondary N) is 1. The van der Waals surface area contributed by atoms with Gasteiger partial charge in [0.25, 0.3) is 0 Å². The fraction of sp³-hybridized carbons (Fsp3) is 1.00. The number of hydrogen-bond donors (Lipinski definition) is 2. The van der Waals surface area contributed by atoms with Crippen LogP contribution in [0.2, 0.25) is 0 Å². The van der Waals surface area contributed by atoms with Gasteiger partial charge >= 0.3 is 0 Å². The van der Waals surface area contributed by atoms with Crippen molar-refractivity contribution in [1.82, 2.24) is 20.2 Å². The van der Waals surface area contributed by atoms with Gasteiger partial charge < -0.3 is 24.9 Å². The summed E-state index contributed by atoms with van der Waals surface area (Å²) >= 11 is 0. The lowest BCUT2D eigenvalue weighted by molar-refractivity contribution is -0.0857. The first-order chi connectivity index (χ1) is 12.5. The summed E-state index contributed by atoms with van der Waals surface area (Å²) in [6.45, 7) is 19.7. The van der Waals surface area contributed by atoms with E-state index in [0.29, 0.717) is 6.73 Å². The lowest BCUT2D eigenvalue weighted by Gasteiger charge is -2.22. The van der Waals surface area contributed by atoms with Gasteiger partial charge in [0.05, 0.1) is 19.9 Å². The van der Waals surface area contributed by atoms with E-state index in [2.05, 4.69) is 36.0 Å². The summed E-state index contributed by atoms with van der Waals surface area (Å²) in [7, 11) is 2.14. The molecule has 0 saturated carbocycles. The van der Waals surface area contributed by atoms with Gasteiger partial charge in [0.1, 0.15) is 6.73 Å². The zero-order valence-electron chi connectivity index (χ0n) is 18.3. The minimum atomic E-state index is 0.669. The van der Waals surface area contributed by atoms with Crippen molar-refractivity contribution in [3.05, 3.63) is 0 Å². The van der Waals surface area contributed by atoms with Crippen molar-refractivity contribution in [2.45, 2.75) is 47.5 Å². The fourth-order valence-corrected chi connectivity index (χ4v) is 2.11. The second kappa shape index (κ2) is 22.8. The molecule has 0 aliphatic heterocycles. The van der Waals surface area contributed by atoms with Crippen molar-refractivity contribution in [3.8, 4) is 0 Å². The van der Waals surface area contributed by atoms with E-state index in [1.54, 1.807) is 0 Å². The molecule has 160 valence electrons. The summed E-state index contributed by atoms with van der Waals surface area (Å²) in [5, 5.41) is 13.3. The quantitative estimate of drug-likeness (QED) is 0.229. The van der Waals surface area contributed by atoms with E-state index in [-0.39, 0.29) is 0 Å². The minimum absolute atomic E-state index is 0.669. The molecule has 7 heteroatoms. The highest BCUT2D eigenvalue weighted by Gasteiger charge is 2.04. The van der Waals surface area contributed by atoms with Crippen LogP contribution in [-0.2, 0) is 9.47 Å². The Morgan fingerprint density at radius 2 is 1.50 bits per heavy atom. The normalized spacial score (nSPS) is 11.3. The highest BCUT2D eigenvalue weighted by Crippen LogP contribution is 1.90. The van der Waals surface area contributed by atoms with E-state index in [9.17, 15) is 0 Å². The molecule has 2 N–H and O–H groups in total. The van der Waals surface area contributed by atoms with E-state index in [1.165, 1.54) is 11.5 Å². The van der Waals surface area contributed by atoms with Gasteiger partial charge in [-0.3, -0.25) is 4.90 Å². The molecule has 0 heterocycles. The molecule has 0 aliphatic rings. The van der Waals surface area contributed by atoms with Crippen molar-refractivity contribution in [2.75, 3.05) is 79.5 Å².